The summed E-state index contributed by atoms with van der Waals surface area (Å²) in [5.41, 5.74) is 0.737. The molecule has 1 aliphatic heterocycles. The predicted octanol–water partition coefficient (Wildman–Crippen LogP) is 2.47. The lowest BCUT2D eigenvalue weighted by Gasteiger charge is -2.34. The molecule has 1 saturated heterocycles. The summed E-state index contributed by atoms with van der Waals surface area (Å²) in [7, 11) is -3.79. The summed E-state index contributed by atoms with van der Waals surface area (Å²) in [6, 6.07) is 7.12. The molecule has 140 valence electrons. The minimum atomic E-state index is -3.79. The third kappa shape index (κ3) is 4.13. The summed E-state index contributed by atoms with van der Waals surface area (Å²) < 4.78 is 40.7. The Hall–Kier alpha value is -2.19. The summed E-state index contributed by atoms with van der Waals surface area (Å²) in [4.78, 5) is 9.01. The number of nitrogens with zero attached hydrogens (tertiary/aromatic N) is 3. The van der Waals surface area contributed by atoms with Crippen LogP contribution in [0.1, 0.15) is 12.5 Å². The number of aromatic nitrogens is 1. The standard InChI is InChI=1S/C18H23FN4O2S/c1-3-22-8-10-23(11-9-22)18-7-5-16(13-20-18)21-26(24,25)17-6-4-15(19)12-14(17)2/h4-7,12-13,21H,3,8-11H2,1-2H3. The Morgan fingerprint density at radius 3 is 2.46 bits per heavy atom. The summed E-state index contributed by atoms with van der Waals surface area (Å²) in [5, 5.41) is 0. The van der Waals surface area contributed by atoms with E-state index >= 15 is 0 Å². The van der Waals surface area contributed by atoms with Crippen molar-refractivity contribution in [3.05, 3.63) is 47.9 Å². The molecule has 3 rings (SSSR count). The van der Waals surface area contributed by atoms with E-state index in [9.17, 15) is 12.8 Å². The van der Waals surface area contributed by atoms with Gasteiger partial charge in [-0.05, 0) is 49.4 Å². The summed E-state index contributed by atoms with van der Waals surface area (Å²) in [6.45, 7) is 8.56. The molecule has 0 saturated carbocycles. The van der Waals surface area contributed by atoms with Crippen molar-refractivity contribution in [2.75, 3.05) is 42.3 Å². The van der Waals surface area contributed by atoms with Gasteiger partial charge in [-0.3, -0.25) is 4.72 Å². The summed E-state index contributed by atoms with van der Waals surface area (Å²) in [5.74, 6) is 0.373. The van der Waals surface area contributed by atoms with Crippen LogP contribution in [0.25, 0.3) is 0 Å². The fraction of sp³-hybridized carbons (Fsp3) is 0.389. The normalized spacial score (nSPS) is 15.9. The first-order valence-electron chi connectivity index (χ1n) is 8.61. The van der Waals surface area contributed by atoms with Gasteiger partial charge in [-0.25, -0.2) is 17.8 Å². The Morgan fingerprint density at radius 1 is 1.15 bits per heavy atom. The first-order valence-corrected chi connectivity index (χ1v) is 10.1. The maximum absolute atomic E-state index is 13.2. The number of benzene rings is 1. The van der Waals surface area contributed by atoms with Gasteiger partial charge >= 0.3 is 0 Å². The minimum absolute atomic E-state index is 0.0543. The number of piperazine rings is 1. The Balaban J connectivity index is 1.71. The zero-order chi connectivity index (χ0) is 18.7. The van der Waals surface area contributed by atoms with Gasteiger partial charge in [0.05, 0.1) is 16.8 Å². The van der Waals surface area contributed by atoms with Crippen molar-refractivity contribution in [1.29, 1.82) is 0 Å². The van der Waals surface area contributed by atoms with Crippen LogP contribution in [-0.4, -0.2) is 51.0 Å². The molecule has 1 aromatic carbocycles. The fourth-order valence-corrected chi connectivity index (χ4v) is 4.32. The maximum Gasteiger partial charge on any atom is 0.262 e. The fourth-order valence-electron chi connectivity index (χ4n) is 3.05. The maximum atomic E-state index is 13.2. The SMILES string of the molecule is CCN1CCN(c2ccc(NS(=O)(=O)c3ccc(F)cc3C)cn2)CC1. The number of likely N-dealkylation sites (N-methyl/N-ethyl adjacent to an activating group) is 1. The molecular formula is C18H23FN4O2S. The van der Waals surface area contributed by atoms with Crippen LogP contribution in [0.15, 0.2) is 41.4 Å². The molecule has 0 spiro atoms. The van der Waals surface area contributed by atoms with Crippen LogP contribution in [0.3, 0.4) is 0 Å². The number of hydrogen-bond acceptors (Lipinski definition) is 5. The van der Waals surface area contributed by atoms with Gasteiger partial charge in [0.2, 0.25) is 0 Å². The predicted molar refractivity (Wildman–Crippen MR) is 101 cm³/mol. The van der Waals surface area contributed by atoms with Crippen LogP contribution in [0.4, 0.5) is 15.9 Å². The van der Waals surface area contributed by atoms with Gasteiger partial charge in [0, 0.05) is 26.2 Å². The second kappa shape index (κ2) is 7.59. The van der Waals surface area contributed by atoms with E-state index in [4.69, 9.17) is 0 Å². The molecule has 26 heavy (non-hydrogen) atoms. The number of rotatable bonds is 5. The number of hydrogen-bond donors (Lipinski definition) is 1. The number of anilines is 2. The summed E-state index contributed by atoms with van der Waals surface area (Å²) >= 11 is 0. The lowest BCUT2D eigenvalue weighted by Crippen LogP contribution is -2.46. The van der Waals surface area contributed by atoms with Gasteiger partial charge in [0.15, 0.2) is 0 Å². The molecule has 8 heteroatoms. The Kier molecular flexibility index (Phi) is 5.43. The molecule has 6 nitrogen and oxygen atoms in total. The molecule has 0 amide bonds. The third-order valence-electron chi connectivity index (χ3n) is 4.57. The van der Waals surface area contributed by atoms with E-state index in [1.165, 1.54) is 18.3 Å². The molecule has 0 atom stereocenters. The minimum Gasteiger partial charge on any atom is -0.354 e. The van der Waals surface area contributed by atoms with Gasteiger partial charge in [0.25, 0.3) is 10.0 Å². The van der Waals surface area contributed by atoms with Crippen LogP contribution < -0.4 is 9.62 Å². The van der Waals surface area contributed by atoms with Crippen molar-refractivity contribution in [2.45, 2.75) is 18.7 Å². The van der Waals surface area contributed by atoms with Gasteiger partial charge in [-0.2, -0.15) is 0 Å². The molecule has 1 aliphatic rings. The van der Waals surface area contributed by atoms with Gasteiger partial charge in [-0.15, -0.1) is 0 Å². The second-order valence-electron chi connectivity index (χ2n) is 6.34. The van der Waals surface area contributed by atoms with Crippen LogP contribution in [0, 0.1) is 12.7 Å². The van der Waals surface area contributed by atoms with E-state index in [1.54, 1.807) is 13.0 Å². The van der Waals surface area contributed by atoms with E-state index in [0.717, 1.165) is 44.6 Å². The molecule has 0 bridgehead atoms. The lowest BCUT2D eigenvalue weighted by molar-refractivity contribution is 0.270. The van der Waals surface area contributed by atoms with Crippen LogP contribution in [0.2, 0.25) is 0 Å². The molecule has 0 radical (unpaired) electrons. The van der Waals surface area contributed by atoms with Crippen molar-refractivity contribution in [3.63, 3.8) is 0 Å². The smallest absolute Gasteiger partial charge is 0.262 e. The number of pyridine rings is 1. The van der Waals surface area contributed by atoms with Crippen molar-refractivity contribution in [2.24, 2.45) is 0 Å². The van der Waals surface area contributed by atoms with E-state index in [0.29, 0.717) is 11.3 Å². The number of aryl methyl sites for hydroxylation is 1. The zero-order valence-electron chi connectivity index (χ0n) is 14.9. The van der Waals surface area contributed by atoms with Gasteiger partial charge in [0.1, 0.15) is 11.6 Å². The molecule has 1 N–H and O–H groups in total. The molecule has 2 heterocycles. The van der Waals surface area contributed by atoms with Crippen molar-refractivity contribution < 1.29 is 12.8 Å². The average Bonchev–Trinajstić information content (AvgIpc) is 2.62. The molecule has 1 fully saturated rings. The van der Waals surface area contributed by atoms with E-state index in [2.05, 4.69) is 26.4 Å². The van der Waals surface area contributed by atoms with Crippen molar-refractivity contribution in [3.8, 4) is 0 Å². The highest BCUT2D eigenvalue weighted by Crippen LogP contribution is 2.21. The van der Waals surface area contributed by atoms with Crippen LogP contribution in [0.5, 0.6) is 0 Å². The zero-order valence-corrected chi connectivity index (χ0v) is 15.8. The highest BCUT2D eigenvalue weighted by atomic mass is 32.2. The quantitative estimate of drug-likeness (QED) is 0.866. The van der Waals surface area contributed by atoms with Crippen LogP contribution in [-0.2, 0) is 10.0 Å². The highest BCUT2D eigenvalue weighted by Gasteiger charge is 2.19. The van der Waals surface area contributed by atoms with E-state index in [1.807, 2.05) is 6.07 Å². The highest BCUT2D eigenvalue weighted by molar-refractivity contribution is 7.92. The first-order chi connectivity index (χ1) is 12.4. The monoisotopic (exact) mass is 378 g/mol. The number of halogens is 1. The molecule has 2 aromatic rings. The first kappa shape index (κ1) is 18.6. The summed E-state index contributed by atoms with van der Waals surface area (Å²) in [6.07, 6.45) is 1.51. The Bertz CT molecular complexity index is 863. The van der Waals surface area contributed by atoms with Crippen molar-refractivity contribution in [1.82, 2.24) is 9.88 Å². The van der Waals surface area contributed by atoms with Crippen molar-refractivity contribution >= 4 is 21.5 Å². The molecule has 0 aliphatic carbocycles. The molecular weight excluding hydrogens is 355 g/mol. The molecule has 0 unspecified atom stereocenters. The van der Waals surface area contributed by atoms with Crippen LogP contribution >= 0.6 is 0 Å². The van der Waals surface area contributed by atoms with Gasteiger partial charge in [-0.1, -0.05) is 6.92 Å². The number of nitrogens with one attached hydrogen (secondary N) is 1. The third-order valence-corrected chi connectivity index (χ3v) is 6.11. The number of sulfonamides is 1. The largest absolute Gasteiger partial charge is 0.354 e. The average molecular weight is 378 g/mol. The topological polar surface area (TPSA) is 65.5 Å². The van der Waals surface area contributed by atoms with E-state index in [-0.39, 0.29) is 4.90 Å². The molecule has 1 aromatic heterocycles. The van der Waals surface area contributed by atoms with E-state index < -0.39 is 15.8 Å². The Labute approximate surface area is 153 Å². The van der Waals surface area contributed by atoms with Gasteiger partial charge < -0.3 is 9.80 Å². The second-order valence-corrected chi connectivity index (χ2v) is 7.99. The Morgan fingerprint density at radius 2 is 1.88 bits per heavy atom. The lowest BCUT2D eigenvalue weighted by atomic mass is 10.2.